The predicted molar refractivity (Wildman–Crippen MR) is 94.9 cm³/mol. The quantitative estimate of drug-likeness (QED) is 0.588. The van der Waals surface area contributed by atoms with Crippen LogP contribution in [0, 0.1) is 12.8 Å². The molecule has 4 rings (SSSR count). The van der Waals surface area contributed by atoms with E-state index in [1.165, 1.54) is 5.56 Å². The molecule has 23 heavy (non-hydrogen) atoms. The van der Waals surface area contributed by atoms with Gasteiger partial charge in [-0.1, -0.05) is 18.2 Å². The molecule has 116 valence electrons. The lowest BCUT2D eigenvalue weighted by molar-refractivity contribution is 0.0942. The molecule has 4 nitrogen and oxygen atoms in total. The molecule has 0 bridgehead atoms. The molecule has 0 aliphatic carbocycles. The summed E-state index contributed by atoms with van der Waals surface area (Å²) >= 11 is 1.70. The van der Waals surface area contributed by atoms with Crippen LogP contribution >= 0.6 is 11.9 Å². The molecule has 0 amide bonds. The van der Waals surface area contributed by atoms with Gasteiger partial charge in [0, 0.05) is 41.2 Å². The summed E-state index contributed by atoms with van der Waals surface area (Å²) in [5, 5.41) is 1.03. The maximum Gasteiger partial charge on any atom is 0.170 e. The third-order valence-electron chi connectivity index (χ3n) is 4.31. The highest BCUT2D eigenvalue weighted by molar-refractivity contribution is 8.00. The number of carbonyl (C=O) groups is 1. The van der Waals surface area contributed by atoms with Gasteiger partial charge >= 0.3 is 0 Å². The fraction of sp³-hybridized carbons (Fsp3) is 0.222. The lowest BCUT2D eigenvalue weighted by Gasteiger charge is -2.15. The van der Waals surface area contributed by atoms with Crippen molar-refractivity contribution in [3.05, 3.63) is 60.0 Å². The molecule has 1 fully saturated rings. The van der Waals surface area contributed by atoms with Crippen LogP contribution in [0.4, 0.5) is 5.69 Å². The summed E-state index contributed by atoms with van der Waals surface area (Å²) in [6.45, 7) is 2.79. The van der Waals surface area contributed by atoms with Crippen LogP contribution in [0.15, 0.2) is 48.9 Å². The lowest BCUT2D eigenvalue weighted by Crippen LogP contribution is -2.22. The van der Waals surface area contributed by atoms with E-state index in [4.69, 9.17) is 0 Å². The predicted octanol–water partition coefficient (Wildman–Crippen LogP) is 3.84. The molecule has 0 radical (unpaired) electrons. The lowest BCUT2D eigenvalue weighted by atomic mass is 9.98. The zero-order valence-corrected chi connectivity index (χ0v) is 13.6. The molecule has 1 aliphatic heterocycles. The minimum atomic E-state index is 0.0136. The van der Waals surface area contributed by atoms with Crippen molar-refractivity contribution >= 4 is 34.3 Å². The molecule has 0 saturated carbocycles. The largest absolute Gasteiger partial charge is 0.360 e. The Morgan fingerprint density at radius 1 is 1.35 bits per heavy atom. The Kier molecular flexibility index (Phi) is 3.58. The van der Waals surface area contributed by atoms with Gasteiger partial charge in [-0.3, -0.25) is 9.78 Å². The second-order valence-electron chi connectivity index (χ2n) is 5.83. The summed E-state index contributed by atoms with van der Waals surface area (Å²) in [6, 6.07) is 10.0. The molecule has 0 spiro atoms. The van der Waals surface area contributed by atoms with E-state index in [9.17, 15) is 4.79 Å². The van der Waals surface area contributed by atoms with Gasteiger partial charge in [0.15, 0.2) is 5.78 Å². The van der Waals surface area contributed by atoms with Gasteiger partial charge in [0.1, 0.15) is 0 Å². The maximum atomic E-state index is 12.9. The number of hydrogen-bond acceptors (Lipinski definition) is 4. The molecule has 3 aromatic rings. The second-order valence-corrected chi connectivity index (χ2v) is 6.86. The number of aromatic nitrogens is 2. The minimum Gasteiger partial charge on any atom is -0.360 e. The number of nitrogens with one attached hydrogen (secondary N) is 1. The first-order valence-electron chi connectivity index (χ1n) is 7.65. The van der Waals surface area contributed by atoms with Crippen LogP contribution in [-0.4, -0.2) is 28.0 Å². The number of ketones is 1. The number of Topliss-reactive ketones (excluding diaryl/α,β-unsaturated/α-hetero) is 1. The number of aromatic amines is 1. The van der Waals surface area contributed by atoms with E-state index in [0.29, 0.717) is 0 Å². The van der Waals surface area contributed by atoms with Gasteiger partial charge in [0.05, 0.1) is 17.8 Å². The van der Waals surface area contributed by atoms with Crippen molar-refractivity contribution in [2.75, 3.05) is 16.6 Å². The Bertz CT molecular complexity index is 859. The van der Waals surface area contributed by atoms with Gasteiger partial charge < -0.3 is 9.29 Å². The number of H-pyrrole nitrogens is 1. The van der Waals surface area contributed by atoms with Crippen LogP contribution in [0.3, 0.4) is 0 Å². The maximum absolute atomic E-state index is 12.9. The van der Waals surface area contributed by atoms with Gasteiger partial charge in [-0.15, -0.1) is 0 Å². The average Bonchev–Trinajstić information content (AvgIpc) is 3.23. The van der Waals surface area contributed by atoms with Gasteiger partial charge in [-0.2, -0.15) is 0 Å². The summed E-state index contributed by atoms with van der Waals surface area (Å²) < 4.78 is 2.16. The number of hydrogen-bond donors (Lipinski definition) is 1. The zero-order chi connectivity index (χ0) is 15.8. The van der Waals surface area contributed by atoms with E-state index in [-0.39, 0.29) is 11.7 Å². The number of nitrogens with zero attached hydrogens (tertiary/aromatic N) is 2. The number of para-hydroxylation sites is 1. The Morgan fingerprint density at radius 2 is 2.26 bits per heavy atom. The number of aryl methyl sites for hydroxylation is 1. The molecular weight excluding hydrogens is 306 g/mol. The van der Waals surface area contributed by atoms with E-state index in [1.54, 1.807) is 18.1 Å². The molecule has 1 aliphatic rings. The Hall–Kier alpha value is -2.27. The van der Waals surface area contributed by atoms with Crippen LogP contribution in [0.5, 0.6) is 0 Å². The second kappa shape index (κ2) is 5.74. The first-order chi connectivity index (χ1) is 11.2. The SMILES string of the molecule is Cc1cccc2c(C(=O)C3CSN(c4cccnc4)C3)c[nH]c12. The van der Waals surface area contributed by atoms with Crippen molar-refractivity contribution in [2.24, 2.45) is 5.92 Å². The number of rotatable bonds is 3. The monoisotopic (exact) mass is 323 g/mol. The third-order valence-corrected chi connectivity index (χ3v) is 5.53. The van der Waals surface area contributed by atoms with Crippen molar-refractivity contribution < 1.29 is 4.79 Å². The molecule has 1 aromatic carbocycles. The van der Waals surface area contributed by atoms with Crippen LogP contribution in [0.2, 0.25) is 0 Å². The number of carbonyl (C=O) groups excluding carboxylic acids is 1. The highest BCUT2D eigenvalue weighted by atomic mass is 32.2. The van der Waals surface area contributed by atoms with E-state index in [1.807, 2.05) is 36.7 Å². The number of anilines is 1. The molecule has 5 heteroatoms. The molecule has 3 heterocycles. The summed E-state index contributed by atoms with van der Waals surface area (Å²) in [5.74, 6) is 1.05. The first kappa shape index (κ1) is 14.3. The molecule has 2 aromatic heterocycles. The highest BCUT2D eigenvalue weighted by Gasteiger charge is 2.31. The molecule has 1 saturated heterocycles. The van der Waals surface area contributed by atoms with E-state index < -0.39 is 0 Å². The normalized spacial score (nSPS) is 17.8. The third kappa shape index (κ3) is 2.51. The molecule has 1 atom stereocenters. The Morgan fingerprint density at radius 3 is 3.09 bits per heavy atom. The standard InChI is InChI=1S/C18H17N3OS/c1-12-4-2-6-15-16(9-20-17(12)15)18(22)13-10-21(23-11-13)14-5-3-7-19-8-14/h2-9,13,20H,10-11H2,1H3. The van der Waals surface area contributed by atoms with Crippen molar-refractivity contribution in [3.63, 3.8) is 0 Å². The van der Waals surface area contributed by atoms with E-state index in [0.717, 1.165) is 34.5 Å². The minimum absolute atomic E-state index is 0.0136. The smallest absolute Gasteiger partial charge is 0.170 e. The number of fused-ring (bicyclic) bond motifs is 1. The molecule has 1 unspecified atom stereocenters. The fourth-order valence-electron chi connectivity index (χ4n) is 3.05. The topological polar surface area (TPSA) is 49.0 Å². The van der Waals surface area contributed by atoms with Gasteiger partial charge in [0.2, 0.25) is 0 Å². The average molecular weight is 323 g/mol. The van der Waals surface area contributed by atoms with E-state index in [2.05, 4.69) is 27.3 Å². The van der Waals surface area contributed by atoms with Crippen LogP contribution < -0.4 is 4.31 Å². The van der Waals surface area contributed by atoms with Gasteiger partial charge in [-0.05, 0) is 36.6 Å². The van der Waals surface area contributed by atoms with Crippen molar-refractivity contribution in [3.8, 4) is 0 Å². The summed E-state index contributed by atoms with van der Waals surface area (Å²) in [5.41, 5.74) is 4.09. The Labute approximate surface area is 139 Å². The molecular formula is C18H17N3OS. The van der Waals surface area contributed by atoms with Gasteiger partial charge in [-0.25, -0.2) is 0 Å². The van der Waals surface area contributed by atoms with Gasteiger partial charge in [0.25, 0.3) is 0 Å². The van der Waals surface area contributed by atoms with Crippen LogP contribution in [0.1, 0.15) is 15.9 Å². The summed E-state index contributed by atoms with van der Waals surface area (Å²) in [6.07, 6.45) is 5.47. The highest BCUT2D eigenvalue weighted by Crippen LogP contribution is 2.33. The van der Waals surface area contributed by atoms with Crippen molar-refractivity contribution in [1.29, 1.82) is 0 Å². The summed E-state index contributed by atoms with van der Waals surface area (Å²) in [7, 11) is 0. The zero-order valence-electron chi connectivity index (χ0n) is 12.8. The fourth-order valence-corrected chi connectivity index (χ4v) is 4.21. The Balaban J connectivity index is 1.59. The molecule has 1 N–H and O–H groups in total. The van der Waals surface area contributed by atoms with Crippen molar-refractivity contribution in [2.45, 2.75) is 6.92 Å². The van der Waals surface area contributed by atoms with E-state index >= 15 is 0 Å². The van der Waals surface area contributed by atoms with Crippen LogP contribution in [0.25, 0.3) is 10.9 Å². The van der Waals surface area contributed by atoms with Crippen molar-refractivity contribution in [1.82, 2.24) is 9.97 Å². The number of pyridine rings is 1. The summed E-state index contributed by atoms with van der Waals surface area (Å²) in [4.78, 5) is 20.3. The number of benzene rings is 1. The van der Waals surface area contributed by atoms with Crippen LogP contribution in [-0.2, 0) is 0 Å². The first-order valence-corrected chi connectivity index (χ1v) is 8.59.